The Hall–Kier alpha value is -4.27. The first-order chi connectivity index (χ1) is 17.8. The zero-order valence-electron chi connectivity index (χ0n) is 21.4. The van der Waals surface area contributed by atoms with Crippen molar-refractivity contribution in [3.05, 3.63) is 77.2 Å². The lowest BCUT2D eigenvalue weighted by Crippen LogP contribution is -2.55. The number of aromatic nitrogens is 2. The summed E-state index contributed by atoms with van der Waals surface area (Å²) in [5.74, 6) is -0.108. The quantitative estimate of drug-likeness (QED) is 0.475. The van der Waals surface area contributed by atoms with Crippen LogP contribution >= 0.6 is 0 Å². The molecule has 0 saturated carbocycles. The molecular formula is C28H30N4O5. The van der Waals surface area contributed by atoms with Gasteiger partial charge in [0.05, 0.1) is 19.4 Å². The van der Waals surface area contributed by atoms with E-state index in [1.165, 1.54) is 0 Å². The number of carbonyl (C=O) groups is 3. The van der Waals surface area contributed by atoms with E-state index in [1.54, 1.807) is 55.0 Å². The van der Waals surface area contributed by atoms with Gasteiger partial charge >= 0.3 is 5.97 Å². The number of methoxy groups -OCH3 is 1. The van der Waals surface area contributed by atoms with Crippen molar-refractivity contribution in [3.63, 3.8) is 0 Å². The molecule has 0 spiro atoms. The van der Waals surface area contributed by atoms with Crippen LogP contribution in [0.1, 0.15) is 50.9 Å². The highest BCUT2D eigenvalue weighted by molar-refractivity contribution is 6.07. The summed E-state index contributed by atoms with van der Waals surface area (Å²) >= 11 is 0. The molecule has 2 amide bonds. The average molecular weight is 503 g/mol. The third kappa shape index (κ3) is 5.45. The number of ether oxygens (including phenoxy) is 2. The van der Waals surface area contributed by atoms with E-state index in [1.807, 2.05) is 37.3 Å². The minimum atomic E-state index is -0.647. The summed E-state index contributed by atoms with van der Waals surface area (Å²) in [7, 11) is 1.57. The molecule has 192 valence electrons. The molecule has 1 unspecified atom stereocenters. The fourth-order valence-corrected chi connectivity index (χ4v) is 4.42. The van der Waals surface area contributed by atoms with Gasteiger partial charge < -0.3 is 19.3 Å². The zero-order valence-corrected chi connectivity index (χ0v) is 21.4. The predicted molar refractivity (Wildman–Crippen MR) is 138 cm³/mol. The van der Waals surface area contributed by atoms with Gasteiger partial charge in [0.25, 0.3) is 11.8 Å². The first-order valence-electron chi connectivity index (χ1n) is 12.2. The average Bonchev–Trinajstić information content (AvgIpc) is 2.92. The molecule has 2 heterocycles. The molecule has 3 aromatic rings. The van der Waals surface area contributed by atoms with Crippen LogP contribution in [-0.4, -0.2) is 76.9 Å². The topological polar surface area (TPSA) is 102 Å². The number of rotatable bonds is 6. The highest BCUT2D eigenvalue weighted by Crippen LogP contribution is 2.27. The van der Waals surface area contributed by atoms with Gasteiger partial charge in [0.15, 0.2) is 0 Å². The highest BCUT2D eigenvalue weighted by Gasteiger charge is 2.34. The van der Waals surface area contributed by atoms with Crippen molar-refractivity contribution >= 4 is 17.8 Å². The summed E-state index contributed by atoms with van der Waals surface area (Å²) in [6.45, 7) is 6.39. The van der Waals surface area contributed by atoms with Gasteiger partial charge in [0.1, 0.15) is 22.8 Å². The van der Waals surface area contributed by atoms with Crippen LogP contribution in [0.5, 0.6) is 5.75 Å². The monoisotopic (exact) mass is 502 g/mol. The molecule has 0 bridgehead atoms. The lowest BCUT2D eigenvalue weighted by Gasteiger charge is -2.40. The lowest BCUT2D eigenvalue weighted by atomic mass is 10.0. The fourth-order valence-electron chi connectivity index (χ4n) is 4.42. The van der Waals surface area contributed by atoms with Crippen LogP contribution in [0, 0.1) is 6.92 Å². The number of esters is 1. The van der Waals surface area contributed by atoms with Gasteiger partial charge in [-0.1, -0.05) is 30.3 Å². The third-order valence-electron chi connectivity index (χ3n) is 6.26. The summed E-state index contributed by atoms with van der Waals surface area (Å²) in [4.78, 5) is 52.1. The van der Waals surface area contributed by atoms with Crippen LogP contribution in [0.3, 0.4) is 0 Å². The molecule has 9 nitrogen and oxygen atoms in total. The maximum Gasteiger partial charge on any atom is 0.342 e. The molecule has 1 aromatic heterocycles. The second kappa shape index (κ2) is 11.2. The first-order valence-corrected chi connectivity index (χ1v) is 12.2. The largest absolute Gasteiger partial charge is 0.497 e. The molecule has 1 atom stereocenters. The lowest BCUT2D eigenvalue weighted by molar-refractivity contribution is 0.0406. The van der Waals surface area contributed by atoms with Gasteiger partial charge in [-0.3, -0.25) is 9.59 Å². The maximum absolute atomic E-state index is 13.7. The predicted octanol–water partition coefficient (Wildman–Crippen LogP) is 3.62. The molecule has 1 aliphatic rings. The van der Waals surface area contributed by atoms with E-state index < -0.39 is 11.9 Å². The first kappa shape index (κ1) is 25.8. The minimum Gasteiger partial charge on any atom is -0.497 e. The maximum atomic E-state index is 13.7. The second-order valence-corrected chi connectivity index (χ2v) is 8.76. The van der Waals surface area contributed by atoms with Crippen LogP contribution in [0.15, 0.2) is 54.6 Å². The van der Waals surface area contributed by atoms with Gasteiger partial charge in [-0.05, 0) is 45.0 Å². The smallest absolute Gasteiger partial charge is 0.342 e. The molecule has 4 rings (SSSR count). The SMILES string of the molecule is CCOC(=O)c1c(C(=O)N2CCN(C(=O)c3ccc(OC)cc3)C(C)C2)nc(C)nc1-c1ccccc1. The zero-order chi connectivity index (χ0) is 26.5. The Bertz CT molecular complexity index is 1290. The molecule has 1 aliphatic heterocycles. The number of nitrogens with zero attached hydrogens (tertiary/aromatic N) is 4. The van der Waals surface area contributed by atoms with Crippen LogP contribution in [-0.2, 0) is 4.74 Å². The number of benzene rings is 2. The molecule has 0 aliphatic carbocycles. The minimum absolute atomic E-state index is 0.00642. The van der Waals surface area contributed by atoms with E-state index in [2.05, 4.69) is 9.97 Å². The molecule has 9 heteroatoms. The van der Waals surface area contributed by atoms with Gasteiger partial charge in [0, 0.05) is 36.8 Å². The van der Waals surface area contributed by atoms with E-state index in [0.29, 0.717) is 48.0 Å². The molecule has 1 fully saturated rings. The van der Waals surface area contributed by atoms with Gasteiger partial charge in [-0.25, -0.2) is 14.8 Å². The standard InChI is InChI=1S/C28H30N4O5/c1-5-37-28(35)23-24(20-9-7-6-8-10-20)29-19(3)30-25(23)27(34)31-15-16-32(18(2)17-31)26(33)21-11-13-22(36-4)14-12-21/h6-14,18H,5,15-17H2,1-4H3. The molecule has 2 aromatic carbocycles. The van der Waals surface area contributed by atoms with Crippen LogP contribution in [0.25, 0.3) is 11.3 Å². The third-order valence-corrected chi connectivity index (χ3v) is 6.26. The van der Waals surface area contributed by atoms with Crippen LogP contribution in [0.2, 0.25) is 0 Å². The summed E-state index contributed by atoms with van der Waals surface area (Å²) in [5, 5.41) is 0. The van der Waals surface area contributed by atoms with E-state index in [-0.39, 0.29) is 29.8 Å². The number of hydrogen-bond acceptors (Lipinski definition) is 7. The van der Waals surface area contributed by atoms with Gasteiger partial charge in [-0.2, -0.15) is 0 Å². The van der Waals surface area contributed by atoms with Crippen molar-refractivity contribution in [1.29, 1.82) is 0 Å². The number of hydrogen-bond donors (Lipinski definition) is 0. The molecule has 37 heavy (non-hydrogen) atoms. The number of aryl methyl sites for hydroxylation is 1. The summed E-state index contributed by atoms with van der Waals surface area (Å²) in [6.07, 6.45) is 0. The van der Waals surface area contributed by atoms with E-state index in [0.717, 1.165) is 0 Å². The molecule has 0 N–H and O–H groups in total. The van der Waals surface area contributed by atoms with Gasteiger partial charge in [0.2, 0.25) is 0 Å². The molecular weight excluding hydrogens is 472 g/mol. The summed E-state index contributed by atoms with van der Waals surface area (Å²) in [5.41, 5.74) is 1.65. The Labute approximate surface area is 216 Å². The van der Waals surface area contributed by atoms with Crippen molar-refractivity contribution in [2.75, 3.05) is 33.4 Å². The molecule has 0 radical (unpaired) electrons. The number of carbonyl (C=O) groups excluding carboxylic acids is 3. The molecule has 1 saturated heterocycles. The van der Waals surface area contributed by atoms with Crippen molar-refractivity contribution in [2.45, 2.75) is 26.8 Å². The van der Waals surface area contributed by atoms with Gasteiger partial charge in [-0.15, -0.1) is 0 Å². The van der Waals surface area contributed by atoms with Crippen molar-refractivity contribution in [2.24, 2.45) is 0 Å². The Morgan fingerprint density at radius 3 is 2.30 bits per heavy atom. The summed E-state index contributed by atoms with van der Waals surface area (Å²) < 4.78 is 10.5. The van der Waals surface area contributed by atoms with E-state index in [4.69, 9.17) is 9.47 Å². The number of amides is 2. The van der Waals surface area contributed by atoms with Crippen molar-refractivity contribution in [1.82, 2.24) is 19.8 Å². The Kier molecular flexibility index (Phi) is 7.81. The Morgan fingerprint density at radius 1 is 0.973 bits per heavy atom. The number of piperazine rings is 1. The van der Waals surface area contributed by atoms with E-state index >= 15 is 0 Å². The van der Waals surface area contributed by atoms with Crippen LogP contribution < -0.4 is 4.74 Å². The fraction of sp³-hybridized carbons (Fsp3) is 0.321. The Balaban J connectivity index is 1.61. The van der Waals surface area contributed by atoms with Crippen molar-refractivity contribution < 1.29 is 23.9 Å². The highest BCUT2D eigenvalue weighted by atomic mass is 16.5. The van der Waals surface area contributed by atoms with Crippen LogP contribution in [0.4, 0.5) is 0 Å². The van der Waals surface area contributed by atoms with Crippen molar-refractivity contribution in [3.8, 4) is 17.0 Å². The summed E-state index contributed by atoms with van der Waals surface area (Å²) in [6, 6.07) is 15.9. The normalized spacial score (nSPS) is 15.3. The Morgan fingerprint density at radius 2 is 1.68 bits per heavy atom. The second-order valence-electron chi connectivity index (χ2n) is 8.76. The van der Waals surface area contributed by atoms with E-state index in [9.17, 15) is 14.4 Å².